The molecule has 0 unspecified atom stereocenters. The van der Waals surface area contributed by atoms with Crippen LogP contribution < -0.4 is 9.80 Å². The average molecular weight is 809 g/mol. The molecule has 11 rings (SSSR count). The first kappa shape index (κ1) is 33.5. The number of hydrogen-bond donors (Lipinski definition) is 0. The highest BCUT2D eigenvalue weighted by Crippen LogP contribution is 2.57. The lowest BCUT2D eigenvalue weighted by Gasteiger charge is -2.35. The van der Waals surface area contributed by atoms with Crippen LogP contribution in [0.1, 0.15) is 27.7 Å². The van der Waals surface area contributed by atoms with E-state index in [4.69, 9.17) is 0 Å². The van der Waals surface area contributed by atoms with Crippen molar-refractivity contribution in [3.8, 4) is 33.4 Å². The van der Waals surface area contributed by atoms with Gasteiger partial charge < -0.3 is 9.80 Å². The molecule has 1 aliphatic carbocycles. The van der Waals surface area contributed by atoms with Gasteiger partial charge in [-0.1, -0.05) is 194 Å². The quantitative estimate of drug-likeness (QED) is 0.136. The molecule has 0 atom stereocenters. The molecule has 10 aromatic rings. The number of hydrogen-bond acceptors (Lipinski definition) is 2. The number of fused-ring (bicyclic) bond motifs is 3. The molecule has 2 nitrogen and oxygen atoms in total. The summed E-state index contributed by atoms with van der Waals surface area (Å²) in [6, 6.07) is 82.9. The molecule has 0 bridgehead atoms. The van der Waals surface area contributed by atoms with E-state index in [0.29, 0.717) is 11.1 Å². The van der Waals surface area contributed by atoms with Gasteiger partial charge in [-0.2, -0.15) is 0 Å². The Hall–Kier alpha value is -8.20. The topological polar surface area (TPSA) is 6.48 Å². The average Bonchev–Trinajstić information content (AvgIpc) is 3.69. The van der Waals surface area contributed by atoms with Crippen LogP contribution >= 0.6 is 0 Å². The second kappa shape index (κ2) is 16.3. The molecule has 0 N–H and O–H groups in total. The van der Waals surface area contributed by atoms with Gasteiger partial charge in [0.25, 0.3) is 0 Å². The number of anilines is 6. The smallest absolute Gasteiger partial charge is 0.0714 e. The van der Waals surface area contributed by atoms with E-state index in [2.05, 4.69) is 149 Å². The van der Waals surface area contributed by atoms with Crippen LogP contribution in [0.2, 0.25) is 0 Å². The molecule has 0 spiro atoms. The van der Waals surface area contributed by atoms with E-state index >= 15 is 0 Å². The Kier molecular flexibility index (Phi) is 8.69. The molecule has 0 heterocycles. The van der Waals surface area contributed by atoms with Crippen molar-refractivity contribution in [3.05, 3.63) is 289 Å². The molecular formula is C61H44N2. The fourth-order valence-electron chi connectivity index (χ4n) is 9.35. The first-order valence-electron chi connectivity index (χ1n) is 23.4. The molecule has 63 heavy (non-hydrogen) atoms. The number of para-hydroxylation sites is 3. The van der Waals surface area contributed by atoms with E-state index in [0.717, 1.165) is 34.1 Å². The maximum atomic E-state index is 9.30. The van der Waals surface area contributed by atoms with Gasteiger partial charge in [0.05, 0.1) is 10.9 Å². The zero-order valence-electron chi connectivity index (χ0n) is 38.5. The van der Waals surface area contributed by atoms with Crippen LogP contribution in [0.25, 0.3) is 33.4 Å². The maximum absolute atomic E-state index is 9.30. The first-order chi connectivity index (χ1) is 32.9. The van der Waals surface area contributed by atoms with Gasteiger partial charge in [-0.3, -0.25) is 0 Å². The summed E-state index contributed by atoms with van der Waals surface area (Å²) >= 11 is 0. The number of benzene rings is 10. The van der Waals surface area contributed by atoms with E-state index in [1.165, 1.54) is 33.4 Å². The Balaban J connectivity index is 0.980. The van der Waals surface area contributed by atoms with Gasteiger partial charge in [0.15, 0.2) is 0 Å². The molecule has 0 aliphatic heterocycles. The van der Waals surface area contributed by atoms with Crippen molar-refractivity contribution in [2.24, 2.45) is 0 Å². The third kappa shape index (κ3) is 6.79. The minimum Gasteiger partial charge on any atom is -0.311 e. The van der Waals surface area contributed by atoms with Crippen LogP contribution in [-0.4, -0.2) is 0 Å². The fraction of sp³-hybridized carbons (Fsp3) is 0.0164. The summed E-state index contributed by atoms with van der Waals surface area (Å²) in [7, 11) is 0. The highest BCUT2D eigenvalue weighted by Gasteiger charge is 2.46. The van der Waals surface area contributed by atoms with E-state index < -0.39 is 5.41 Å². The van der Waals surface area contributed by atoms with Gasteiger partial charge in [0, 0.05) is 34.1 Å². The highest BCUT2D eigenvalue weighted by atomic mass is 15.1. The van der Waals surface area contributed by atoms with Crippen LogP contribution in [0.4, 0.5) is 34.1 Å². The summed E-state index contributed by atoms with van der Waals surface area (Å²) in [4.78, 5) is 4.39. The van der Waals surface area contributed by atoms with Gasteiger partial charge in [-0.15, -0.1) is 0 Å². The van der Waals surface area contributed by atoms with Crippen molar-refractivity contribution in [1.82, 2.24) is 0 Å². The lowest BCUT2D eigenvalue weighted by Crippen LogP contribution is -2.28. The van der Waals surface area contributed by atoms with Gasteiger partial charge >= 0.3 is 0 Å². The summed E-state index contributed by atoms with van der Waals surface area (Å²) in [5.41, 5.74) is 14.2. The van der Waals surface area contributed by atoms with Crippen LogP contribution in [0.15, 0.2) is 267 Å². The van der Waals surface area contributed by atoms with Gasteiger partial charge in [0.1, 0.15) is 0 Å². The van der Waals surface area contributed by atoms with Crippen LogP contribution in [-0.2, 0) is 5.41 Å². The molecule has 0 saturated heterocycles. The molecule has 2 heteroatoms. The van der Waals surface area contributed by atoms with E-state index in [1.807, 2.05) is 103 Å². The molecule has 1 aliphatic rings. The van der Waals surface area contributed by atoms with E-state index in [9.17, 15) is 5.48 Å². The first-order valence-corrected chi connectivity index (χ1v) is 21.4. The third-order valence-electron chi connectivity index (χ3n) is 12.2. The maximum Gasteiger partial charge on any atom is 0.0714 e. The summed E-state index contributed by atoms with van der Waals surface area (Å²) in [6.07, 6.45) is 0. The molecule has 0 saturated carbocycles. The van der Waals surface area contributed by atoms with Gasteiger partial charge in [-0.25, -0.2) is 0 Å². The Morgan fingerprint density at radius 3 is 1.05 bits per heavy atom. The largest absolute Gasteiger partial charge is 0.311 e. The van der Waals surface area contributed by atoms with E-state index in [-0.39, 0.29) is 35.3 Å². The standard InChI is InChI=1S/C61H44N2/c1-6-18-49(19-7-1)61(50-20-8-2-9-21-50)59-29-17-16-28-57(59)58-43-42-56(44-60(58)61)63(53-26-14-5-15-27-53)55-40-36-48(37-41-55)46-32-30-45(31-33-46)47-34-38-54(39-35-47)62(51-22-10-3-11-23-51)52-24-12-4-13-25-52/h1-44H/i30D,31D,32D,33D. The van der Waals surface area contributed by atoms with E-state index in [1.54, 1.807) is 0 Å². The molecule has 0 radical (unpaired) electrons. The van der Waals surface area contributed by atoms with Crippen LogP contribution in [0.5, 0.6) is 0 Å². The van der Waals surface area contributed by atoms with Crippen molar-refractivity contribution >= 4 is 34.1 Å². The third-order valence-corrected chi connectivity index (χ3v) is 12.2. The zero-order valence-corrected chi connectivity index (χ0v) is 34.5. The normalized spacial score (nSPS) is 13.1. The molecule has 0 aromatic heterocycles. The Morgan fingerprint density at radius 1 is 0.270 bits per heavy atom. The van der Waals surface area contributed by atoms with Crippen molar-refractivity contribution < 1.29 is 5.48 Å². The lowest BCUT2D eigenvalue weighted by molar-refractivity contribution is 0.768. The molecular weight excluding hydrogens is 761 g/mol. The van der Waals surface area contributed by atoms with Gasteiger partial charge in [-0.05, 0) is 128 Å². The molecule has 0 fully saturated rings. The monoisotopic (exact) mass is 808 g/mol. The summed E-state index contributed by atoms with van der Waals surface area (Å²) in [5.74, 6) is 0. The molecule has 0 amide bonds. The number of nitrogens with zero attached hydrogens (tertiary/aromatic N) is 2. The van der Waals surface area contributed by atoms with Crippen LogP contribution in [0.3, 0.4) is 0 Å². The minimum atomic E-state index is -0.563. The SMILES string of the molecule is [2H]c1c([2H])c(-c2ccc(N(c3ccccc3)c3ccc4c(c3)C(c3ccccc3)(c3ccccc3)c3ccccc3-4)cc2)c([2H])c([2H])c1-c1ccc(N(c2ccccc2)c2ccccc2)cc1. The van der Waals surface area contributed by atoms with Crippen molar-refractivity contribution in [1.29, 1.82) is 0 Å². The summed E-state index contributed by atoms with van der Waals surface area (Å²) in [6.45, 7) is 0. The second-order valence-corrected chi connectivity index (χ2v) is 15.8. The summed E-state index contributed by atoms with van der Waals surface area (Å²) < 4.78 is 37.1. The molecule has 298 valence electrons. The van der Waals surface area contributed by atoms with Gasteiger partial charge in [0.2, 0.25) is 0 Å². The predicted octanol–water partition coefficient (Wildman–Crippen LogP) is 16.3. The van der Waals surface area contributed by atoms with Crippen LogP contribution in [0, 0.1) is 0 Å². The fourth-order valence-corrected chi connectivity index (χ4v) is 9.35. The molecule has 10 aromatic carbocycles. The second-order valence-electron chi connectivity index (χ2n) is 15.8. The number of rotatable bonds is 10. The Labute approximate surface area is 375 Å². The van der Waals surface area contributed by atoms with Crippen molar-refractivity contribution in [2.75, 3.05) is 9.80 Å². The highest BCUT2D eigenvalue weighted by molar-refractivity contribution is 5.90. The predicted molar refractivity (Wildman–Crippen MR) is 264 cm³/mol. The Bertz CT molecular complexity index is 3260. The zero-order chi connectivity index (χ0) is 45.5. The Morgan fingerprint density at radius 2 is 0.603 bits per heavy atom. The minimum absolute atomic E-state index is 0.0823. The van der Waals surface area contributed by atoms with Crippen molar-refractivity contribution in [3.63, 3.8) is 0 Å². The lowest BCUT2D eigenvalue weighted by atomic mass is 9.67. The summed E-state index contributed by atoms with van der Waals surface area (Å²) in [5, 5.41) is 0. The van der Waals surface area contributed by atoms with Crippen molar-refractivity contribution in [2.45, 2.75) is 5.41 Å².